The molecule has 0 saturated carbocycles. The van der Waals surface area contributed by atoms with Crippen LogP contribution in [0.2, 0.25) is 0 Å². The smallest absolute Gasteiger partial charge is 0.135 e. The molecule has 86 valence electrons. The van der Waals surface area contributed by atoms with Crippen molar-refractivity contribution in [1.29, 1.82) is 0 Å². The number of hydrogen-bond acceptors (Lipinski definition) is 2. The molecular weight excluding hydrogens is 224 g/mol. The van der Waals surface area contributed by atoms with Crippen LogP contribution in [-0.4, -0.2) is 10.2 Å². The van der Waals surface area contributed by atoms with E-state index < -0.39 is 0 Å². The first kappa shape index (κ1) is 9.48. The summed E-state index contributed by atoms with van der Waals surface area (Å²) < 4.78 is 5.85. The molecule has 0 atom stereocenters. The summed E-state index contributed by atoms with van der Waals surface area (Å²) in [5.41, 5.74) is 3.02. The second-order valence-electron chi connectivity index (χ2n) is 4.32. The number of rotatable bonds is 1. The van der Waals surface area contributed by atoms with Crippen LogP contribution in [0.3, 0.4) is 0 Å². The van der Waals surface area contributed by atoms with Crippen molar-refractivity contribution in [3.8, 4) is 11.3 Å². The number of aromatic nitrogens is 2. The monoisotopic (exact) mass is 234 g/mol. The van der Waals surface area contributed by atoms with E-state index in [4.69, 9.17) is 4.42 Å². The summed E-state index contributed by atoms with van der Waals surface area (Å²) in [6.07, 6.45) is 1.82. The van der Waals surface area contributed by atoms with Gasteiger partial charge >= 0.3 is 0 Å². The third kappa shape index (κ3) is 1.34. The summed E-state index contributed by atoms with van der Waals surface area (Å²) in [5, 5.41) is 9.18. The van der Waals surface area contributed by atoms with E-state index in [0.717, 1.165) is 33.2 Å². The average Bonchev–Trinajstić information content (AvgIpc) is 3.04. The van der Waals surface area contributed by atoms with Crippen molar-refractivity contribution in [2.24, 2.45) is 0 Å². The lowest BCUT2D eigenvalue weighted by atomic mass is 10.1. The van der Waals surface area contributed by atoms with Gasteiger partial charge in [-0.25, -0.2) is 0 Å². The molecule has 0 unspecified atom stereocenters. The summed E-state index contributed by atoms with van der Waals surface area (Å²) in [6.45, 7) is 0. The predicted octanol–water partition coefficient (Wildman–Crippen LogP) is 3.98. The van der Waals surface area contributed by atoms with E-state index >= 15 is 0 Å². The fourth-order valence-electron chi connectivity index (χ4n) is 2.22. The van der Waals surface area contributed by atoms with Crippen LogP contribution < -0.4 is 0 Å². The second-order valence-corrected chi connectivity index (χ2v) is 4.32. The van der Waals surface area contributed by atoms with Gasteiger partial charge in [-0.1, -0.05) is 18.2 Å². The Hall–Kier alpha value is -2.55. The van der Waals surface area contributed by atoms with E-state index in [1.807, 2.05) is 36.5 Å². The van der Waals surface area contributed by atoms with Gasteiger partial charge in [-0.05, 0) is 30.3 Å². The maximum atomic E-state index is 5.85. The molecule has 0 aliphatic carbocycles. The molecule has 4 rings (SSSR count). The molecule has 0 radical (unpaired) electrons. The molecular formula is C15H10N2O. The second kappa shape index (κ2) is 3.47. The van der Waals surface area contributed by atoms with Crippen LogP contribution in [0.5, 0.6) is 0 Å². The van der Waals surface area contributed by atoms with E-state index in [0.29, 0.717) is 0 Å². The maximum absolute atomic E-state index is 5.85. The highest BCUT2D eigenvalue weighted by atomic mass is 16.3. The van der Waals surface area contributed by atoms with Crippen LogP contribution in [0.4, 0.5) is 0 Å². The number of hydrogen-bond donors (Lipinski definition) is 1. The first-order valence-corrected chi connectivity index (χ1v) is 5.82. The molecule has 2 aromatic carbocycles. The van der Waals surface area contributed by atoms with E-state index in [2.05, 4.69) is 28.4 Å². The van der Waals surface area contributed by atoms with Crippen molar-refractivity contribution in [2.45, 2.75) is 0 Å². The highest BCUT2D eigenvalue weighted by molar-refractivity contribution is 5.87. The lowest BCUT2D eigenvalue weighted by Gasteiger charge is -1.96. The van der Waals surface area contributed by atoms with Crippen LogP contribution in [0.15, 0.2) is 59.1 Å². The number of fused-ring (bicyclic) bond motifs is 2. The molecule has 0 saturated heterocycles. The van der Waals surface area contributed by atoms with Gasteiger partial charge in [-0.15, -0.1) is 0 Å². The van der Waals surface area contributed by atoms with Gasteiger partial charge in [0.05, 0.1) is 11.7 Å². The minimum atomic E-state index is 0.888. The zero-order valence-electron chi connectivity index (χ0n) is 9.55. The van der Waals surface area contributed by atoms with Crippen LogP contribution in [-0.2, 0) is 0 Å². The van der Waals surface area contributed by atoms with Crippen molar-refractivity contribution in [3.05, 3.63) is 54.7 Å². The van der Waals surface area contributed by atoms with E-state index in [9.17, 15) is 0 Å². The Morgan fingerprint density at radius 3 is 2.83 bits per heavy atom. The summed E-state index contributed by atoms with van der Waals surface area (Å²) >= 11 is 0. The molecule has 3 heteroatoms. The van der Waals surface area contributed by atoms with Crippen molar-refractivity contribution in [3.63, 3.8) is 0 Å². The van der Waals surface area contributed by atoms with Gasteiger partial charge in [0.1, 0.15) is 11.3 Å². The number of para-hydroxylation sites is 1. The minimum Gasteiger partial charge on any atom is -0.456 e. The average molecular weight is 234 g/mol. The first-order valence-electron chi connectivity index (χ1n) is 5.82. The SMILES string of the molecule is c1ccc2oc(-c3ccc4[nH]ncc4c3)cc2c1. The van der Waals surface area contributed by atoms with Gasteiger partial charge in [0.25, 0.3) is 0 Å². The summed E-state index contributed by atoms with van der Waals surface area (Å²) in [7, 11) is 0. The third-order valence-corrected chi connectivity index (χ3v) is 3.15. The summed E-state index contributed by atoms with van der Waals surface area (Å²) in [4.78, 5) is 0. The molecule has 3 nitrogen and oxygen atoms in total. The van der Waals surface area contributed by atoms with Gasteiger partial charge in [-0.3, -0.25) is 5.10 Å². The van der Waals surface area contributed by atoms with Gasteiger partial charge in [0.15, 0.2) is 0 Å². The summed E-state index contributed by atoms with van der Waals surface area (Å²) in [5.74, 6) is 0.888. The van der Waals surface area contributed by atoms with Crippen LogP contribution in [0.1, 0.15) is 0 Å². The number of aromatic amines is 1. The minimum absolute atomic E-state index is 0.888. The first-order chi connectivity index (χ1) is 8.90. The maximum Gasteiger partial charge on any atom is 0.135 e. The van der Waals surface area contributed by atoms with Gasteiger partial charge in [0, 0.05) is 16.3 Å². The van der Waals surface area contributed by atoms with Crippen molar-refractivity contribution >= 4 is 21.9 Å². The van der Waals surface area contributed by atoms with Crippen LogP contribution >= 0.6 is 0 Å². The van der Waals surface area contributed by atoms with Crippen LogP contribution in [0, 0.1) is 0 Å². The van der Waals surface area contributed by atoms with E-state index in [-0.39, 0.29) is 0 Å². The quantitative estimate of drug-likeness (QED) is 0.541. The Kier molecular flexibility index (Phi) is 1.83. The number of furan rings is 1. The molecule has 1 N–H and O–H groups in total. The Balaban J connectivity index is 1.94. The lowest BCUT2D eigenvalue weighted by Crippen LogP contribution is -1.73. The molecule has 0 bridgehead atoms. The summed E-state index contributed by atoms with van der Waals surface area (Å²) in [6, 6.07) is 16.2. The Bertz CT molecular complexity index is 809. The molecule has 0 aliphatic heterocycles. The number of nitrogens with zero attached hydrogens (tertiary/aromatic N) is 1. The Morgan fingerprint density at radius 2 is 1.89 bits per heavy atom. The number of nitrogens with one attached hydrogen (secondary N) is 1. The lowest BCUT2D eigenvalue weighted by molar-refractivity contribution is 0.631. The molecule has 2 heterocycles. The molecule has 0 amide bonds. The van der Waals surface area contributed by atoms with Gasteiger partial charge in [-0.2, -0.15) is 5.10 Å². The molecule has 18 heavy (non-hydrogen) atoms. The van der Waals surface area contributed by atoms with Crippen LogP contribution in [0.25, 0.3) is 33.2 Å². The topological polar surface area (TPSA) is 41.8 Å². The van der Waals surface area contributed by atoms with E-state index in [1.165, 1.54) is 0 Å². The van der Waals surface area contributed by atoms with E-state index in [1.54, 1.807) is 0 Å². The van der Waals surface area contributed by atoms with Crippen molar-refractivity contribution in [2.75, 3.05) is 0 Å². The fourth-order valence-corrected chi connectivity index (χ4v) is 2.22. The zero-order chi connectivity index (χ0) is 11.9. The molecule has 2 aromatic heterocycles. The van der Waals surface area contributed by atoms with Gasteiger partial charge < -0.3 is 4.42 Å². The van der Waals surface area contributed by atoms with Gasteiger partial charge in [0.2, 0.25) is 0 Å². The Labute approximate surface area is 103 Å². The molecule has 4 aromatic rings. The predicted molar refractivity (Wildman–Crippen MR) is 71.3 cm³/mol. The van der Waals surface area contributed by atoms with Crippen molar-refractivity contribution in [1.82, 2.24) is 10.2 Å². The highest BCUT2D eigenvalue weighted by Gasteiger charge is 2.06. The largest absolute Gasteiger partial charge is 0.456 e. The molecule has 0 spiro atoms. The fraction of sp³-hybridized carbons (Fsp3) is 0. The third-order valence-electron chi connectivity index (χ3n) is 3.15. The molecule has 0 aliphatic rings. The molecule has 0 fully saturated rings. The standard InChI is InChI=1S/C15H10N2O/c1-2-4-14-10(3-1)8-15(18-14)11-5-6-13-12(7-11)9-16-17-13/h1-9H,(H,16,17). The number of H-pyrrole nitrogens is 1. The zero-order valence-corrected chi connectivity index (χ0v) is 9.55. The van der Waals surface area contributed by atoms with Crippen molar-refractivity contribution < 1.29 is 4.42 Å². The Morgan fingerprint density at radius 1 is 0.944 bits per heavy atom. The normalized spacial score (nSPS) is 11.3. The highest BCUT2D eigenvalue weighted by Crippen LogP contribution is 2.29. The number of benzene rings is 2.